The van der Waals surface area contributed by atoms with Crippen LogP contribution >= 0.6 is 11.3 Å². The van der Waals surface area contributed by atoms with E-state index >= 15 is 0 Å². The fourth-order valence-corrected chi connectivity index (χ4v) is 4.19. The van der Waals surface area contributed by atoms with Crippen molar-refractivity contribution in [2.24, 2.45) is 0 Å². The molecule has 0 bridgehead atoms. The lowest BCUT2D eigenvalue weighted by molar-refractivity contribution is -0.425. The molecule has 28 heavy (non-hydrogen) atoms. The van der Waals surface area contributed by atoms with E-state index in [0.717, 1.165) is 35.6 Å². The number of nitrogens with zero attached hydrogens (tertiary/aromatic N) is 4. The molecule has 1 unspecified atom stereocenters. The lowest BCUT2D eigenvalue weighted by Crippen LogP contribution is -3.00. The van der Waals surface area contributed by atoms with Crippen molar-refractivity contribution in [3.8, 4) is 6.07 Å². The SMILES string of the molecule is CN(C)CCN(C)c1cccc2nc(C([NH3+])Cc3cccc(C#N)c3)sc12.[Cl-]. The van der Waals surface area contributed by atoms with Gasteiger partial charge in [0.15, 0.2) is 5.01 Å². The first-order valence-electron chi connectivity index (χ1n) is 9.05. The van der Waals surface area contributed by atoms with Gasteiger partial charge in [0.2, 0.25) is 0 Å². The zero-order valence-corrected chi connectivity index (χ0v) is 18.1. The minimum absolute atomic E-state index is 0. The van der Waals surface area contributed by atoms with E-state index in [2.05, 4.69) is 60.9 Å². The molecule has 0 saturated heterocycles. The summed E-state index contributed by atoms with van der Waals surface area (Å²) in [6.07, 6.45) is 0.779. The van der Waals surface area contributed by atoms with Gasteiger partial charge in [-0.05, 0) is 43.9 Å². The smallest absolute Gasteiger partial charge is 0.152 e. The minimum atomic E-state index is 0. The van der Waals surface area contributed by atoms with Gasteiger partial charge in [0.1, 0.15) is 6.04 Å². The summed E-state index contributed by atoms with van der Waals surface area (Å²) in [5.41, 5.74) is 8.39. The quantitative estimate of drug-likeness (QED) is 0.575. The Morgan fingerprint density at radius 1 is 1.14 bits per heavy atom. The molecule has 0 aliphatic carbocycles. The number of aromatic nitrogens is 1. The van der Waals surface area contributed by atoms with E-state index in [0.29, 0.717) is 5.56 Å². The van der Waals surface area contributed by atoms with Crippen molar-refractivity contribution in [2.75, 3.05) is 39.1 Å². The number of hydrogen-bond donors (Lipinski definition) is 1. The maximum Gasteiger partial charge on any atom is 0.152 e. The molecule has 7 heteroatoms. The molecule has 0 amide bonds. The van der Waals surface area contributed by atoms with Crippen molar-refractivity contribution in [1.29, 1.82) is 5.26 Å². The molecule has 1 heterocycles. The molecule has 0 spiro atoms. The van der Waals surface area contributed by atoms with Gasteiger partial charge in [0.05, 0.1) is 27.5 Å². The van der Waals surface area contributed by atoms with Crippen LogP contribution in [0.5, 0.6) is 0 Å². The van der Waals surface area contributed by atoms with Crippen LogP contribution in [0.2, 0.25) is 0 Å². The molecule has 5 nitrogen and oxygen atoms in total. The molecule has 0 aliphatic heterocycles. The van der Waals surface area contributed by atoms with Gasteiger partial charge in [-0.25, -0.2) is 4.98 Å². The number of benzene rings is 2. The Kier molecular flexibility index (Phi) is 7.78. The molecule has 3 aromatic rings. The summed E-state index contributed by atoms with van der Waals surface area (Å²) in [7, 11) is 6.31. The van der Waals surface area contributed by atoms with Crippen molar-refractivity contribution in [1.82, 2.24) is 9.88 Å². The molecule has 148 valence electrons. The molecule has 1 atom stereocenters. The van der Waals surface area contributed by atoms with Gasteiger partial charge in [-0.1, -0.05) is 18.2 Å². The highest BCUT2D eigenvalue weighted by molar-refractivity contribution is 7.19. The highest BCUT2D eigenvalue weighted by Gasteiger charge is 2.18. The Morgan fingerprint density at radius 3 is 2.61 bits per heavy atom. The Labute approximate surface area is 176 Å². The molecular weight excluding hydrogens is 390 g/mol. The van der Waals surface area contributed by atoms with Crippen LogP contribution in [-0.2, 0) is 6.42 Å². The zero-order chi connectivity index (χ0) is 19.4. The number of quaternary nitrogens is 1. The maximum absolute atomic E-state index is 9.09. The van der Waals surface area contributed by atoms with E-state index in [4.69, 9.17) is 10.2 Å². The van der Waals surface area contributed by atoms with E-state index in [9.17, 15) is 0 Å². The first-order chi connectivity index (χ1) is 13.0. The summed E-state index contributed by atoms with van der Waals surface area (Å²) in [5, 5.41) is 10.1. The first-order valence-corrected chi connectivity index (χ1v) is 9.87. The third-order valence-corrected chi connectivity index (χ3v) is 5.85. The van der Waals surface area contributed by atoms with Crippen LogP contribution in [0, 0.1) is 11.3 Å². The van der Waals surface area contributed by atoms with E-state index in [1.165, 1.54) is 10.4 Å². The summed E-state index contributed by atoms with van der Waals surface area (Å²) in [5.74, 6) is 0. The summed E-state index contributed by atoms with van der Waals surface area (Å²) >= 11 is 1.73. The third kappa shape index (κ3) is 5.21. The van der Waals surface area contributed by atoms with Crippen LogP contribution in [0.15, 0.2) is 42.5 Å². The van der Waals surface area contributed by atoms with Crippen LogP contribution in [0.1, 0.15) is 22.2 Å². The number of fused-ring (bicyclic) bond motifs is 1. The van der Waals surface area contributed by atoms with Crippen molar-refractivity contribution in [3.63, 3.8) is 0 Å². The molecule has 1 aromatic heterocycles. The van der Waals surface area contributed by atoms with Gasteiger partial charge < -0.3 is 27.9 Å². The lowest BCUT2D eigenvalue weighted by atomic mass is 10.0. The summed E-state index contributed by atoms with van der Waals surface area (Å²) in [6.45, 7) is 1.97. The largest absolute Gasteiger partial charge is 1.00 e. The number of likely N-dealkylation sites (N-methyl/N-ethyl adjacent to an activating group) is 2. The fourth-order valence-electron chi connectivity index (χ4n) is 3.04. The van der Waals surface area contributed by atoms with Gasteiger partial charge >= 0.3 is 0 Å². The standard InChI is InChI=1S/C21H25N5S.ClH/c1-25(2)10-11-26(3)19-9-5-8-18-20(19)27-21(24-18)17(23)13-15-6-4-7-16(12-15)14-22;/h4-9,12,17H,10-11,13,23H2,1-3H3;1H. The van der Waals surface area contributed by atoms with E-state index in [1.807, 2.05) is 24.3 Å². The predicted octanol–water partition coefficient (Wildman–Crippen LogP) is -0.305. The number of nitriles is 1. The Morgan fingerprint density at radius 2 is 1.89 bits per heavy atom. The van der Waals surface area contributed by atoms with Crippen molar-refractivity contribution in [2.45, 2.75) is 12.5 Å². The van der Waals surface area contributed by atoms with Gasteiger partial charge in [0, 0.05) is 26.6 Å². The van der Waals surface area contributed by atoms with Crippen molar-refractivity contribution in [3.05, 3.63) is 58.6 Å². The Hall–Kier alpha value is -2.17. The van der Waals surface area contributed by atoms with Crippen molar-refractivity contribution >= 4 is 27.2 Å². The van der Waals surface area contributed by atoms with Crippen LogP contribution in [0.25, 0.3) is 10.2 Å². The fraction of sp³-hybridized carbons (Fsp3) is 0.333. The summed E-state index contributed by atoms with van der Waals surface area (Å²) < 4.78 is 1.22. The molecule has 2 aromatic carbocycles. The van der Waals surface area contributed by atoms with Crippen LogP contribution in [0.3, 0.4) is 0 Å². The highest BCUT2D eigenvalue weighted by atomic mass is 35.5. The van der Waals surface area contributed by atoms with E-state index in [-0.39, 0.29) is 18.4 Å². The number of anilines is 1. The number of hydrogen-bond acceptors (Lipinski definition) is 5. The van der Waals surface area contributed by atoms with Gasteiger partial charge in [-0.3, -0.25) is 0 Å². The average Bonchev–Trinajstić information content (AvgIpc) is 3.10. The molecule has 0 saturated carbocycles. The third-order valence-electron chi connectivity index (χ3n) is 4.59. The Balaban J connectivity index is 0.00000280. The van der Waals surface area contributed by atoms with Gasteiger partial charge in [0.25, 0.3) is 0 Å². The summed E-state index contributed by atoms with van der Waals surface area (Å²) in [4.78, 5) is 9.32. The molecular formula is C21H26ClN5S. The first kappa shape index (κ1) is 22.1. The Bertz CT molecular complexity index is 963. The molecule has 0 aliphatic rings. The number of rotatable bonds is 7. The van der Waals surface area contributed by atoms with Gasteiger partial charge in [-0.15, -0.1) is 11.3 Å². The van der Waals surface area contributed by atoms with Gasteiger partial charge in [-0.2, -0.15) is 5.26 Å². The maximum atomic E-state index is 9.09. The second kappa shape index (κ2) is 9.85. The topological polar surface area (TPSA) is 70.8 Å². The average molecular weight is 416 g/mol. The number of thiazole rings is 1. The number of halogens is 1. The summed E-state index contributed by atoms with van der Waals surface area (Å²) in [6, 6.07) is 16.3. The van der Waals surface area contributed by atoms with E-state index in [1.54, 1.807) is 11.3 Å². The molecule has 3 rings (SSSR count). The van der Waals surface area contributed by atoms with Crippen LogP contribution in [-0.4, -0.2) is 44.1 Å². The van der Waals surface area contributed by atoms with Crippen LogP contribution in [0.4, 0.5) is 5.69 Å². The predicted molar refractivity (Wildman–Crippen MR) is 112 cm³/mol. The molecule has 3 N–H and O–H groups in total. The van der Waals surface area contributed by atoms with Crippen LogP contribution < -0.4 is 23.0 Å². The minimum Gasteiger partial charge on any atom is -1.00 e. The van der Waals surface area contributed by atoms with Crippen molar-refractivity contribution < 1.29 is 18.1 Å². The van der Waals surface area contributed by atoms with E-state index < -0.39 is 0 Å². The second-order valence-corrected chi connectivity index (χ2v) is 8.15. The monoisotopic (exact) mass is 415 g/mol. The zero-order valence-electron chi connectivity index (χ0n) is 16.5. The molecule has 0 fully saturated rings. The second-order valence-electron chi connectivity index (χ2n) is 7.12. The lowest BCUT2D eigenvalue weighted by Gasteiger charge is -2.21. The highest BCUT2D eigenvalue weighted by Crippen LogP contribution is 2.33. The molecule has 0 radical (unpaired) electrons. The normalized spacial score (nSPS) is 11.9.